The molecule has 1 aromatic carbocycles. The lowest BCUT2D eigenvalue weighted by molar-refractivity contribution is -0.0502. The Kier molecular flexibility index (Phi) is 6.13. The number of benzene rings is 1. The SMILES string of the molecule is COc1cc(-c2cnc3cc(OCC(C)N)ccn23)cc(OC(F)F)c1C(=O)NC1CC1. The van der Waals surface area contributed by atoms with Crippen LogP contribution in [0.25, 0.3) is 16.9 Å². The summed E-state index contributed by atoms with van der Waals surface area (Å²) in [5.74, 6) is -0.0403. The molecule has 0 spiro atoms. The van der Waals surface area contributed by atoms with Gasteiger partial charge in [0.1, 0.15) is 35.1 Å². The van der Waals surface area contributed by atoms with Crippen LogP contribution in [0, 0.1) is 0 Å². The predicted octanol–water partition coefficient (Wildman–Crippen LogP) is 3.23. The van der Waals surface area contributed by atoms with E-state index in [1.54, 1.807) is 35.0 Å². The third-order valence-electron chi connectivity index (χ3n) is 4.93. The molecule has 10 heteroatoms. The third-order valence-corrected chi connectivity index (χ3v) is 4.93. The normalized spacial score (nSPS) is 14.4. The number of ether oxygens (including phenoxy) is 3. The molecule has 1 fully saturated rings. The first-order valence-electron chi connectivity index (χ1n) is 10.2. The zero-order chi connectivity index (χ0) is 22.8. The van der Waals surface area contributed by atoms with Crippen molar-refractivity contribution in [3.8, 4) is 28.5 Å². The number of hydrogen-bond donors (Lipinski definition) is 2. The quantitative estimate of drug-likeness (QED) is 0.524. The van der Waals surface area contributed by atoms with Crippen LogP contribution in [0.4, 0.5) is 8.78 Å². The summed E-state index contributed by atoms with van der Waals surface area (Å²) in [5.41, 5.74) is 7.35. The number of rotatable bonds is 9. The summed E-state index contributed by atoms with van der Waals surface area (Å²) in [5, 5.41) is 2.78. The van der Waals surface area contributed by atoms with Crippen molar-refractivity contribution in [1.29, 1.82) is 0 Å². The number of aromatic nitrogens is 2. The van der Waals surface area contributed by atoms with E-state index >= 15 is 0 Å². The molecular weight excluding hydrogens is 422 g/mol. The molecule has 3 aromatic rings. The third kappa shape index (κ3) is 4.75. The maximum absolute atomic E-state index is 13.1. The van der Waals surface area contributed by atoms with Crippen molar-refractivity contribution < 1.29 is 27.8 Å². The number of pyridine rings is 1. The van der Waals surface area contributed by atoms with Crippen LogP contribution in [0.2, 0.25) is 0 Å². The molecule has 1 unspecified atom stereocenters. The number of imidazole rings is 1. The summed E-state index contributed by atoms with van der Waals surface area (Å²) in [6, 6.07) is 6.43. The molecule has 170 valence electrons. The van der Waals surface area contributed by atoms with E-state index in [-0.39, 0.29) is 29.1 Å². The summed E-state index contributed by atoms with van der Waals surface area (Å²) in [6.07, 6.45) is 5.06. The van der Waals surface area contributed by atoms with Gasteiger partial charge in [0, 0.05) is 29.9 Å². The van der Waals surface area contributed by atoms with Gasteiger partial charge < -0.3 is 25.3 Å². The van der Waals surface area contributed by atoms with Crippen molar-refractivity contribution in [2.24, 2.45) is 5.73 Å². The maximum Gasteiger partial charge on any atom is 0.387 e. The van der Waals surface area contributed by atoms with Gasteiger partial charge in [-0.15, -0.1) is 0 Å². The van der Waals surface area contributed by atoms with Crippen LogP contribution in [-0.4, -0.2) is 47.7 Å². The van der Waals surface area contributed by atoms with Gasteiger partial charge in [0.25, 0.3) is 5.91 Å². The number of nitrogens with two attached hydrogens (primary N) is 1. The van der Waals surface area contributed by atoms with E-state index in [0.717, 1.165) is 12.8 Å². The van der Waals surface area contributed by atoms with Gasteiger partial charge in [-0.05, 0) is 38.0 Å². The molecule has 1 saturated carbocycles. The minimum Gasteiger partial charge on any atom is -0.496 e. The second-order valence-electron chi connectivity index (χ2n) is 7.70. The molecule has 2 heterocycles. The number of nitrogens with one attached hydrogen (secondary N) is 1. The molecular formula is C22H24F2N4O4. The number of hydrogen-bond acceptors (Lipinski definition) is 6. The van der Waals surface area contributed by atoms with E-state index in [2.05, 4.69) is 10.3 Å². The Morgan fingerprint density at radius 2 is 2.06 bits per heavy atom. The van der Waals surface area contributed by atoms with Gasteiger partial charge in [0.15, 0.2) is 0 Å². The van der Waals surface area contributed by atoms with Crippen LogP contribution >= 0.6 is 0 Å². The number of amides is 1. The Balaban J connectivity index is 1.74. The number of halogens is 2. The number of carbonyl (C=O) groups is 1. The van der Waals surface area contributed by atoms with E-state index in [0.29, 0.717) is 29.3 Å². The van der Waals surface area contributed by atoms with Crippen LogP contribution in [-0.2, 0) is 0 Å². The molecule has 0 aliphatic heterocycles. The number of nitrogens with zero attached hydrogens (tertiary/aromatic N) is 2. The first-order valence-corrected chi connectivity index (χ1v) is 10.2. The molecule has 1 atom stereocenters. The van der Waals surface area contributed by atoms with Crippen molar-refractivity contribution in [2.75, 3.05) is 13.7 Å². The Labute approximate surface area is 183 Å². The average molecular weight is 446 g/mol. The smallest absolute Gasteiger partial charge is 0.387 e. The number of methoxy groups -OCH3 is 1. The van der Waals surface area contributed by atoms with Gasteiger partial charge >= 0.3 is 6.61 Å². The lowest BCUT2D eigenvalue weighted by Gasteiger charge is -2.16. The number of alkyl halides is 2. The predicted molar refractivity (Wildman–Crippen MR) is 113 cm³/mol. The lowest BCUT2D eigenvalue weighted by Crippen LogP contribution is -2.26. The topological polar surface area (TPSA) is 100 Å². The minimum atomic E-state index is -3.10. The standard InChI is InChI=1S/C22H24F2N4O4/c1-12(25)11-31-15-5-6-28-16(10-26-19(28)9-15)13-7-17(30-2)20(18(8-13)32-22(23)24)21(29)27-14-3-4-14/h5-10,12,14,22H,3-4,11,25H2,1-2H3,(H,27,29). The van der Waals surface area contributed by atoms with Crippen molar-refractivity contribution in [1.82, 2.24) is 14.7 Å². The lowest BCUT2D eigenvalue weighted by atomic mass is 10.1. The van der Waals surface area contributed by atoms with E-state index in [1.165, 1.54) is 13.2 Å². The van der Waals surface area contributed by atoms with Gasteiger partial charge in [-0.3, -0.25) is 9.20 Å². The molecule has 32 heavy (non-hydrogen) atoms. The van der Waals surface area contributed by atoms with Gasteiger partial charge in [0.05, 0.1) is 19.0 Å². The second kappa shape index (κ2) is 8.99. The number of carbonyl (C=O) groups excluding carboxylic acids is 1. The highest BCUT2D eigenvalue weighted by Crippen LogP contribution is 2.37. The molecule has 8 nitrogen and oxygen atoms in total. The van der Waals surface area contributed by atoms with Crippen molar-refractivity contribution >= 4 is 11.6 Å². The van der Waals surface area contributed by atoms with Crippen LogP contribution in [0.5, 0.6) is 17.2 Å². The minimum absolute atomic E-state index is 0.0451. The highest BCUT2D eigenvalue weighted by atomic mass is 19.3. The fourth-order valence-corrected chi connectivity index (χ4v) is 3.29. The molecule has 0 radical (unpaired) electrons. The Bertz CT molecular complexity index is 1130. The first kappa shape index (κ1) is 21.8. The Morgan fingerprint density at radius 3 is 2.72 bits per heavy atom. The fourth-order valence-electron chi connectivity index (χ4n) is 3.29. The van der Waals surface area contributed by atoms with Crippen LogP contribution in [0.15, 0.2) is 36.7 Å². The van der Waals surface area contributed by atoms with Gasteiger partial charge in [0.2, 0.25) is 0 Å². The average Bonchev–Trinajstić information content (AvgIpc) is 3.46. The first-order chi connectivity index (χ1) is 15.4. The highest BCUT2D eigenvalue weighted by molar-refractivity contribution is 6.01. The van der Waals surface area contributed by atoms with E-state index in [9.17, 15) is 13.6 Å². The number of fused-ring (bicyclic) bond motifs is 1. The van der Waals surface area contributed by atoms with Crippen LogP contribution in [0.1, 0.15) is 30.1 Å². The van der Waals surface area contributed by atoms with Crippen molar-refractivity contribution in [3.05, 3.63) is 42.2 Å². The fraction of sp³-hybridized carbons (Fsp3) is 0.364. The summed E-state index contributed by atoms with van der Waals surface area (Å²) < 4.78 is 43.7. The van der Waals surface area contributed by atoms with E-state index in [4.69, 9.17) is 19.9 Å². The maximum atomic E-state index is 13.1. The van der Waals surface area contributed by atoms with Crippen LogP contribution < -0.4 is 25.3 Å². The van der Waals surface area contributed by atoms with Gasteiger partial charge in [-0.1, -0.05) is 0 Å². The molecule has 4 rings (SSSR count). The second-order valence-corrected chi connectivity index (χ2v) is 7.70. The summed E-state index contributed by atoms with van der Waals surface area (Å²) in [6.45, 7) is -0.901. The van der Waals surface area contributed by atoms with Gasteiger partial charge in [-0.25, -0.2) is 4.98 Å². The highest BCUT2D eigenvalue weighted by Gasteiger charge is 2.29. The van der Waals surface area contributed by atoms with Crippen molar-refractivity contribution in [3.63, 3.8) is 0 Å². The Hall–Kier alpha value is -3.40. The van der Waals surface area contributed by atoms with Crippen LogP contribution in [0.3, 0.4) is 0 Å². The van der Waals surface area contributed by atoms with E-state index in [1.807, 2.05) is 6.92 Å². The van der Waals surface area contributed by atoms with E-state index < -0.39 is 12.5 Å². The molecule has 1 aliphatic rings. The zero-order valence-corrected chi connectivity index (χ0v) is 17.7. The van der Waals surface area contributed by atoms with Crippen molar-refractivity contribution in [2.45, 2.75) is 38.5 Å². The molecule has 3 N–H and O–H groups in total. The molecule has 0 bridgehead atoms. The van der Waals surface area contributed by atoms with Gasteiger partial charge in [-0.2, -0.15) is 8.78 Å². The summed E-state index contributed by atoms with van der Waals surface area (Å²) in [4.78, 5) is 17.1. The molecule has 1 amide bonds. The summed E-state index contributed by atoms with van der Waals surface area (Å²) >= 11 is 0. The Morgan fingerprint density at radius 1 is 1.31 bits per heavy atom. The molecule has 1 aliphatic carbocycles. The largest absolute Gasteiger partial charge is 0.496 e. The zero-order valence-electron chi connectivity index (χ0n) is 17.7. The summed E-state index contributed by atoms with van der Waals surface area (Å²) in [7, 11) is 1.37. The monoisotopic (exact) mass is 446 g/mol. The molecule has 2 aromatic heterocycles. The molecule has 0 saturated heterocycles.